The molecule has 3 aromatic rings. The van der Waals surface area contributed by atoms with E-state index in [2.05, 4.69) is 5.32 Å². The quantitative estimate of drug-likeness (QED) is 0.605. The third-order valence-electron chi connectivity index (χ3n) is 4.13. The van der Waals surface area contributed by atoms with Gasteiger partial charge in [0, 0.05) is 11.6 Å². The maximum Gasteiger partial charge on any atom is 0.239 e. The highest BCUT2D eigenvalue weighted by Crippen LogP contribution is 2.24. The number of primary amides is 1. The molecule has 0 saturated heterocycles. The molecule has 138 valence electrons. The van der Waals surface area contributed by atoms with Crippen molar-refractivity contribution in [3.05, 3.63) is 95.0 Å². The average molecular weight is 381 g/mol. The molecule has 0 aromatic heterocycles. The Hall–Kier alpha value is -2.82. The zero-order chi connectivity index (χ0) is 19.1. The first kappa shape index (κ1) is 19.0. The summed E-state index contributed by atoms with van der Waals surface area (Å²) < 4.78 is 5.78. The SMILES string of the molecule is NC(=O)[C@H](NCCc1ccc(Oc2cccc(Cl)c2)cc1)c1ccccc1. The summed E-state index contributed by atoms with van der Waals surface area (Å²) in [5.41, 5.74) is 7.53. The van der Waals surface area contributed by atoms with Crippen molar-refractivity contribution in [1.82, 2.24) is 5.32 Å². The number of nitrogens with one attached hydrogen (secondary N) is 1. The lowest BCUT2D eigenvalue weighted by Crippen LogP contribution is -2.34. The Bertz CT molecular complexity index is 882. The monoisotopic (exact) mass is 380 g/mol. The number of ether oxygens (including phenoxy) is 1. The molecule has 0 aliphatic carbocycles. The smallest absolute Gasteiger partial charge is 0.239 e. The van der Waals surface area contributed by atoms with E-state index < -0.39 is 6.04 Å². The third-order valence-corrected chi connectivity index (χ3v) is 4.37. The highest BCUT2D eigenvalue weighted by atomic mass is 35.5. The third kappa shape index (κ3) is 5.58. The van der Waals surface area contributed by atoms with Crippen molar-refractivity contribution >= 4 is 17.5 Å². The summed E-state index contributed by atoms with van der Waals surface area (Å²) in [7, 11) is 0. The van der Waals surface area contributed by atoms with Gasteiger partial charge in [0.25, 0.3) is 0 Å². The van der Waals surface area contributed by atoms with Crippen LogP contribution in [0.4, 0.5) is 0 Å². The van der Waals surface area contributed by atoms with Crippen LogP contribution in [0.5, 0.6) is 11.5 Å². The summed E-state index contributed by atoms with van der Waals surface area (Å²) in [6.07, 6.45) is 0.772. The summed E-state index contributed by atoms with van der Waals surface area (Å²) in [6.45, 7) is 0.636. The fourth-order valence-corrected chi connectivity index (χ4v) is 2.96. The van der Waals surface area contributed by atoms with Gasteiger partial charge in [-0.25, -0.2) is 0 Å². The van der Waals surface area contributed by atoms with Crippen LogP contribution in [0.15, 0.2) is 78.9 Å². The first-order chi connectivity index (χ1) is 13.1. The van der Waals surface area contributed by atoms with Crippen molar-refractivity contribution in [2.45, 2.75) is 12.5 Å². The van der Waals surface area contributed by atoms with Gasteiger partial charge in [-0.2, -0.15) is 0 Å². The number of benzene rings is 3. The van der Waals surface area contributed by atoms with E-state index in [1.165, 1.54) is 0 Å². The predicted molar refractivity (Wildman–Crippen MR) is 108 cm³/mol. The minimum atomic E-state index is -0.489. The van der Waals surface area contributed by atoms with Crippen LogP contribution in [0.3, 0.4) is 0 Å². The van der Waals surface area contributed by atoms with Crippen LogP contribution in [0.25, 0.3) is 0 Å². The maximum atomic E-state index is 11.7. The summed E-state index contributed by atoms with van der Waals surface area (Å²) in [6, 6.07) is 24.1. The standard InChI is InChI=1S/C22H21ClN2O2/c23-18-7-4-8-20(15-18)27-19-11-9-16(10-12-19)13-14-25-21(22(24)26)17-5-2-1-3-6-17/h1-12,15,21,25H,13-14H2,(H2,24,26)/t21-/m1/s1. The summed E-state index contributed by atoms with van der Waals surface area (Å²) in [5, 5.41) is 3.86. The first-order valence-corrected chi connectivity index (χ1v) is 9.09. The van der Waals surface area contributed by atoms with E-state index >= 15 is 0 Å². The Morgan fingerprint density at radius 1 is 0.963 bits per heavy atom. The molecule has 0 bridgehead atoms. The number of halogens is 1. The van der Waals surface area contributed by atoms with Crippen LogP contribution >= 0.6 is 11.6 Å². The molecule has 0 aliphatic heterocycles. The van der Waals surface area contributed by atoms with Crippen molar-refractivity contribution in [3.63, 3.8) is 0 Å². The maximum absolute atomic E-state index is 11.7. The molecule has 0 radical (unpaired) electrons. The highest BCUT2D eigenvalue weighted by molar-refractivity contribution is 6.30. The second-order valence-electron chi connectivity index (χ2n) is 6.15. The van der Waals surface area contributed by atoms with Crippen LogP contribution in [0.2, 0.25) is 5.02 Å². The Balaban J connectivity index is 1.54. The predicted octanol–water partition coefficient (Wildman–Crippen LogP) is 4.49. The minimum Gasteiger partial charge on any atom is -0.457 e. The molecule has 1 atom stereocenters. The molecule has 0 heterocycles. The molecule has 0 spiro atoms. The lowest BCUT2D eigenvalue weighted by atomic mass is 10.1. The number of hydrogen-bond acceptors (Lipinski definition) is 3. The van der Waals surface area contributed by atoms with Crippen LogP contribution in [0, 0.1) is 0 Å². The topological polar surface area (TPSA) is 64.4 Å². The lowest BCUT2D eigenvalue weighted by Gasteiger charge is -2.16. The summed E-state index contributed by atoms with van der Waals surface area (Å²) in [4.78, 5) is 11.7. The van der Waals surface area contributed by atoms with Gasteiger partial charge in [-0.3, -0.25) is 4.79 Å². The Kier molecular flexibility index (Phi) is 6.47. The number of hydrogen-bond donors (Lipinski definition) is 2. The number of carbonyl (C=O) groups excluding carboxylic acids is 1. The van der Waals surface area contributed by atoms with Crippen molar-refractivity contribution in [2.75, 3.05) is 6.54 Å². The normalized spacial score (nSPS) is 11.7. The molecule has 4 nitrogen and oxygen atoms in total. The molecule has 0 fully saturated rings. The van der Waals surface area contributed by atoms with Gasteiger partial charge < -0.3 is 15.8 Å². The molecular weight excluding hydrogens is 360 g/mol. The van der Waals surface area contributed by atoms with Crippen molar-refractivity contribution in [1.29, 1.82) is 0 Å². The molecule has 3 N–H and O–H groups in total. The van der Waals surface area contributed by atoms with Gasteiger partial charge in [0.1, 0.15) is 17.5 Å². The molecule has 5 heteroatoms. The Morgan fingerprint density at radius 2 is 1.70 bits per heavy atom. The van der Waals surface area contributed by atoms with Gasteiger partial charge >= 0.3 is 0 Å². The van der Waals surface area contributed by atoms with Crippen molar-refractivity contribution < 1.29 is 9.53 Å². The lowest BCUT2D eigenvalue weighted by molar-refractivity contribution is -0.120. The van der Waals surface area contributed by atoms with E-state index in [4.69, 9.17) is 22.1 Å². The molecular formula is C22H21ClN2O2. The molecule has 1 amide bonds. The Labute approximate surface area is 163 Å². The fraction of sp³-hybridized carbons (Fsp3) is 0.136. The van der Waals surface area contributed by atoms with Crippen molar-refractivity contribution in [2.24, 2.45) is 5.73 Å². The van der Waals surface area contributed by atoms with E-state index in [1.807, 2.05) is 66.7 Å². The highest BCUT2D eigenvalue weighted by Gasteiger charge is 2.16. The Morgan fingerprint density at radius 3 is 2.37 bits per heavy atom. The van der Waals surface area contributed by atoms with Gasteiger partial charge in [-0.15, -0.1) is 0 Å². The molecule has 3 aromatic carbocycles. The fourth-order valence-electron chi connectivity index (χ4n) is 2.78. The van der Waals surface area contributed by atoms with Crippen LogP contribution in [-0.2, 0) is 11.2 Å². The van der Waals surface area contributed by atoms with Gasteiger partial charge in [-0.05, 0) is 47.9 Å². The summed E-state index contributed by atoms with van der Waals surface area (Å²) >= 11 is 5.97. The van der Waals surface area contributed by atoms with E-state index in [9.17, 15) is 4.79 Å². The van der Waals surface area contributed by atoms with Crippen molar-refractivity contribution in [3.8, 4) is 11.5 Å². The van der Waals surface area contributed by atoms with Crippen LogP contribution in [0.1, 0.15) is 17.2 Å². The number of carbonyl (C=O) groups is 1. The number of rotatable bonds is 8. The largest absolute Gasteiger partial charge is 0.457 e. The van der Waals surface area contributed by atoms with E-state index in [1.54, 1.807) is 12.1 Å². The molecule has 3 rings (SSSR count). The summed E-state index contributed by atoms with van der Waals surface area (Å²) in [5.74, 6) is 1.06. The molecule has 0 aliphatic rings. The van der Waals surface area contributed by atoms with E-state index in [-0.39, 0.29) is 5.91 Å². The number of nitrogens with two attached hydrogens (primary N) is 1. The molecule has 0 saturated carbocycles. The van der Waals surface area contributed by atoms with Gasteiger partial charge in [0.2, 0.25) is 5.91 Å². The minimum absolute atomic E-state index is 0.383. The van der Waals surface area contributed by atoms with E-state index in [0.717, 1.165) is 23.3 Å². The average Bonchev–Trinajstić information content (AvgIpc) is 2.67. The van der Waals surface area contributed by atoms with Crippen LogP contribution in [-0.4, -0.2) is 12.5 Å². The zero-order valence-electron chi connectivity index (χ0n) is 14.8. The van der Waals surface area contributed by atoms with Gasteiger partial charge in [-0.1, -0.05) is 60.1 Å². The van der Waals surface area contributed by atoms with Crippen LogP contribution < -0.4 is 15.8 Å². The van der Waals surface area contributed by atoms with Gasteiger partial charge in [0.05, 0.1) is 0 Å². The number of amides is 1. The second-order valence-corrected chi connectivity index (χ2v) is 6.59. The van der Waals surface area contributed by atoms with E-state index in [0.29, 0.717) is 17.3 Å². The zero-order valence-corrected chi connectivity index (χ0v) is 15.5. The van der Waals surface area contributed by atoms with Gasteiger partial charge in [0.15, 0.2) is 0 Å². The molecule has 0 unspecified atom stereocenters. The first-order valence-electron chi connectivity index (χ1n) is 8.72. The second kappa shape index (κ2) is 9.21. The molecule has 27 heavy (non-hydrogen) atoms.